The van der Waals surface area contributed by atoms with Crippen LogP contribution >= 0.6 is 11.3 Å². The second-order valence-electron chi connectivity index (χ2n) is 8.44. The van der Waals surface area contributed by atoms with Crippen LogP contribution in [0.4, 0.5) is 10.0 Å². The highest BCUT2D eigenvalue weighted by molar-refractivity contribution is 7.77. The van der Waals surface area contributed by atoms with Gasteiger partial charge in [-0.3, -0.25) is 14.8 Å². The van der Waals surface area contributed by atoms with Gasteiger partial charge in [-0.15, -0.1) is 0 Å². The Morgan fingerprint density at radius 1 is 1.33 bits per heavy atom. The van der Waals surface area contributed by atoms with Gasteiger partial charge >= 0.3 is 5.97 Å². The average molecular weight is 504 g/mol. The van der Waals surface area contributed by atoms with Crippen LogP contribution in [-0.4, -0.2) is 66.1 Å². The molecule has 1 aromatic rings. The first-order valence-corrected chi connectivity index (χ1v) is 12.6. The number of rotatable bonds is 11. The van der Waals surface area contributed by atoms with Crippen molar-refractivity contribution in [2.75, 3.05) is 23.8 Å². The molecule has 0 bridgehead atoms. The Labute approximate surface area is 199 Å². The predicted molar refractivity (Wildman–Crippen MR) is 130 cm³/mol. The largest absolute Gasteiger partial charge is 0.479 e. The Kier molecular flexibility index (Phi) is 9.79. The number of amides is 1. The summed E-state index contributed by atoms with van der Waals surface area (Å²) < 4.78 is 22.2. The van der Waals surface area contributed by atoms with Crippen molar-refractivity contribution in [3.05, 3.63) is 11.1 Å². The Morgan fingerprint density at radius 3 is 2.58 bits per heavy atom. The van der Waals surface area contributed by atoms with E-state index in [0.29, 0.717) is 32.8 Å². The van der Waals surface area contributed by atoms with Gasteiger partial charge in [0, 0.05) is 24.9 Å². The molecule has 1 aliphatic carbocycles. The van der Waals surface area contributed by atoms with E-state index in [2.05, 4.69) is 15.8 Å². The lowest BCUT2D eigenvalue weighted by Crippen LogP contribution is -2.53. The molecular formula is C20H33N5O6S2. The van der Waals surface area contributed by atoms with Gasteiger partial charge in [0.15, 0.2) is 5.54 Å². The summed E-state index contributed by atoms with van der Waals surface area (Å²) in [4.78, 5) is 25.1. The monoisotopic (exact) mass is 503 g/mol. The number of aliphatic carboxylic acids is 1. The first-order chi connectivity index (χ1) is 15.5. The summed E-state index contributed by atoms with van der Waals surface area (Å²) in [6.45, 7) is 4.70. The lowest BCUT2D eigenvalue weighted by Gasteiger charge is -2.31. The molecule has 0 aromatic carbocycles. The zero-order valence-corrected chi connectivity index (χ0v) is 20.7. The topological polar surface area (TPSA) is 178 Å². The summed E-state index contributed by atoms with van der Waals surface area (Å²) in [7, 11) is 0. The van der Waals surface area contributed by atoms with Gasteiger partial charge < -0.3 is 21.3 Å². The minimum atomic E-state index is -2.87. The summed E-state index contributed by atoms with van der Waals surface area (Å²) in [5.41, 5.74) is 6.84. The number of hydrogen-bond acceptors (Lipinski definition) is 9. The van der Waals surface area contributed by atoms with Crippen molar-refractivity contribution in [2.24, 2.45) is 16.8 Å². The normalized spacial score (nSPS) is 19.9. The fraction of sp³-hybridized carbons (Fsp3) is 0.650. The van der Waals surface area contributed by atoms with E-state index in [1.807, 2.05) is 0 Å². The molecule has 1 amide bonds. The molecule has 33 heavy (non-hydrogen) atoms. The number of aliphatic hydroxyl groups is 1. The number of hydrazone groups is 1. The molecule has 186 valence electrons. The molecule has 0 aliphatic heterocycles. The minimum absolute atomic E-state index is 0.0892. The van der Waals surface area contributed by atoms with Crippen molar-refractivity contribution in [3.63, 3.8) is 0 Å². The molecule has 0 radical (unpaired) electrons. The van der Waals surface area contributed by atoms with Crippen molar-refractivity contribution >= 4 is 50.7 Å². The third-order valence-corrected chi connectivity index (χ3v) is 7.85. The van der Waals surface area contributed by atoms with Crippen LogP contribution in [-0.2, 0) is 16.1 Å². The SMILES string of the molecule is Cc1c(N/N=C\CN)sc(NCCC2CCCCC2O)c1C(=O)N(S(=O)O)C(C)(C)C(=O)O. The number of thiophene rings is 1. The lowest BCUT2D eigenvalue weighted by molar-refractivity contribution is -0.145. The highest BCUT2D eigenvalue weighted by atomic mass is 32.2. The number of carbonyl (C=O) groups is 2. The van der Waals surface area contributed by atoms with Crippen molar-refractivity contribution in [3.8, 4) is 0 Å². The number of nitrogens with zero attached hydrogens (tertiary/aromatic N) is 2. The number of carbonyl (C=O) groups excluding carboxylic acids is 1. The molecule has 3 unspecified atom stereocenters. The van der Waals surface area contributed by atoms with Gasteiger partial charge in [0.25, 0.3) is 17.2 Å². The summed E-state index contributed by atoms with van der Waals surface area (Å²) in [6, 6.07) is 0. The fourth-order valence-electron chi connectivity index (χ4n) is 3.76. The van der Waals surface area contributed by atoms with E-state index in [1.54, 1.807) is 6.92 Å². The van der Waals surface area contributed by atoms with Crippen LogP contribution < -0.4 is 16.5 Å². The maximum absolute atomic E-state index is 13.4. The van der Waals surface area contributed by atoms with Gasteiger partial charge in [-0.1, -0.05) is 24.2 Å². The molecule has 13 heteroatoms. The summed E-state index contributed by atoms with van der Waals surface area (Å²) in [5, 5.41) is 27.9. The van der Waals surface area contributed by atoms with E-state index in [9.17, 15) is 28.6 Å². The number of hydrogen-bond donors (Lipinski definition) is 6. The molecule has 7 N–H and O–H groups in total. The summed E-state index contributed by atoms with van der Waals surface area (Å²) >= 11 is -1.69. The standard InChI is InChI=1S/C20H33N5O6S2/c1-12-15(18(27)25(33(30)31)20(2,3)19(28)29)17(32-16(12)24-23-11-9-21)22-10-8-13-6-4-5-7-14(13)26/h11,13-14,22,24,26H,4-10,21H2,1-3H3,(H,28,29)(H,30,31)/b23-11-. The van der Waals surface area contributed by atoms with Crippen molar-refractivity contribution in [1.29, 1.82) is 0 Å². The average Bonchev–Trinajstić information content (AvgIpc) is 3.04. The molecule has 3 atom stereocenters. The molecule has 1 heterocycles. The lowest BCUT2D eigenvalue weighted by atomic mass is 9.84. The Bertz CT molecular complexity index is 904. The van der Waals surface area contributed by atoms with Crippen LogP contribution in [0.25, 0.3) is 0 Å². The second-order valence-corrected chi connectivity index (χ2v) is 10.3. The van der Waals surface area contributed by atoms with Gasteiger partial charge in [-0.2, -0.15) is 5.10 Å². The van der Waals surface area contributed by atoms with Crippen LogP contribution in [0.5, 0.6) is 0 Å². The first-order valence-electron chi connectivity index (χ1n) is 10.7. The van der Waals surface area contributed by atoms with Gasteiger partial charge in [0.05, 0.1) is 11.7 Å². The smallest absolute Gasteiger partial charge is 0.330 e. The molecule has 1 saturated carbocycles. The first kappa shape index (κ1) is 27.2. The van der Waals surface area contributed by atoms with E-state index < -0.39 is 28.7 Å². The third-order valence-electron chi connectivity index (χ3n) is 5.76. The number of anilines is 2. The van der Waals surface area contributed by atoms with Crippen molar-refractivity contribution in [2.45, 2.75) is 64.5 Å². The second kappa shape index (κ2) is 11.9. The highest BCUT2D eigenvalue weighted by Gasteiger charge is 2.43. The Morgan fingerprint density at radius 2 is 2.00 bits per heavy atom. The van der Waals surface area contributed by atoms with Crippen molar-refractivity contribution < 1.29 is 28.6 Å². The van der Waals surface area contributed by atoms with E-state index in [0.717, 1.165) is 25.7 Å². The summed E-state index contributed by atoms with van der Waals surface area (Å²) in [5.74, 6) is -2.16. The Hall–Kier alpha value is -2.06. The van der Waals surface area contributed by atoms with E-state index >= 15 is 0 Å². The third kappa shape index (κ3) is 6.51. The van der Waals surface area contributed by atoms with Crippen LogP contribution in [0.15, 0.2) is 5.10 Å². The summed E-state index contributed by atoms with van der Waals surface area (Å²) in [6.07, 6.45) is 5.58. The van der Waals surface area contributed by atoms with Gasteiger partial charge in [-0.05, 0) is 46.0 Å². The number of aliphatic hydroxyl groups excluding tert-OH is 1. The van der Waals surface area contributed by atoms with Crippen LogP contribution in [0, 0.1) is 12.8 Å². The number of carboxylic acids is 1. The molecule has 11 nitrogen and oxygen atoms in total. The van der Waals surface area contributed by atoms with Gasteiger partial charge in [0.2, 0.25) is 0 Å². The number of nitrogens with one attached hydrogen (secondary N) is 2. The molecule has 1 aliphatic rings. The van der Waals surface area contributed by atoms with Crippen LogP contribution in [0.1, 0.15) is 61.9 Å². The molecular weight excluding hydrogens is 470 g/mol. The van der Waals surface area contributed by atoms with Crippen LogP contribution in [0.2, 0.25) is 0 Å². The molecule has 0 spiro atoms. The molecule has 0 saturated heterocycles. The van der Waals surface area contributed by atoms with E-state index in [1.165, 1.54) is 31.4 Å². The van der Waals surface area contributed by atoms with Crippen LogP contribution in [0.3, 0.4) is 0 Å². The molecule has 2 rings (SSSR count). The van der Waals surface area contributed by atoms with Gasteiger partial charge in [0.1, 0.15) is 10.0 Å². The zero-order valence-electron chi connectivity index (χ0n) is 19.0. The number of carboxylic acid groups (broad SMARTS) is 1. The minimum Gasteiger partial charge on any atom is -0.479 e. The Balaban J connectivity index is 2.36. The highest BCUT2D eigenvalue weighted by Crippen LogP contribution is 2.39. The quantitative estimate of drug-likeness (QED) is 0.150. The maximum Gasteiger partial charge on any atom is 0.330 e. The molecule has 1 aromatic heterocycles. The fourth-order valence-corrected chi connectivity index (χ4v) is 5.54. The van der Waals surface area contributed by atoms with E-state index in [-0.39, 0.29) is 24.1 Å². The van der Waals surface area contributed by atoms with Crippen molar-refractivity contribution in [1.82, 2.24) is 4.31 Å². The number of nitrogens with two attached hydrogens (primary N) is 1. The zero-order chi connectivity index (χ0) is 24.8. The molecule has 1 fully saturated rings. The van der Waals surface area contributed by atoms with E-state index in [4.69, 9.17) is 5.73 Å². The maximum atomic E-state index is 13.4. The van der Waals surface area contributed by atoms with Gasteiger partial charge in [-0.25, -0.2) is 13.3 Å². The predicted octanol–water partition coefficient (Wildman–Crippen LogP) is 2.21.